The molecular weight excluding hydrogens is 184 g/mol. The first-order valence-electron chi connectivity index (χ1n) is 6.93. The van der Waals surface area contributed by atoms with Crippen LogP contribution in [0.25, 0.3) is 0 Å². The Morgan fingerprint density at radius 1 is 0.733 bits per heavy atom. The van der Waals surface area contributed by atoms with Crippen LogP contribution in [-0.2, 0) is 5.11 Å². The molecule has 0 fully saturated rings. The van der Waals surface area contributed by atoms with Crippen LogP contribution >= 0.6 is 0 Å². The number of rotatable bonds is 11. The standard InChI is InChI=1S/C14H29O/c1-3-5-7-9-11-14(13-15)12-10-8-6-4-2/h14H,3-13H2,1-2H3. The molecule has 0 aromatic rings. The van der Waals surface area contributed by atoms with Crippen LogP contribution in [-0.4, -0.2) is 6.61 Å². The number of hydrogen-bond acceptors (Lipinski definition) is 0. The molecule has 1 nitrogen and oxygen atoms in total. The highest BCUT2D eigenvalue weighted by Gasteiger charge is 2.07. The van der Waals surface area contributed by atoms with Crippen molar-refractivity contribution in [1.82, 2.24) is 0 Å². The van der Waals surface area contributed by atoms with E-state index in [0.717, 1.165) is 0 Å². The van der Waals surface area contributed by atoms with Gasteiger partial charge in [-0.15, -0.1) is 0 Å². The lowest BCUT2D eigenvalue weighted by Crippen LogP contribution is -2.05. The van der Waals surface area contributed by atoms with Crippen LogP contribution < -0.4 is 0 Å². The minimum atomic E-state index is 0.151. The summed E-state index contributed by atoms with van der Waals surface area (Å²) >= 11 is 0. The van der Waals surface area contributed by atoms with Gasteiger partial charge in [0.2, 0.25) is 0 Å². The Morgan fingerprint density at radius 2 is 1.20 bits per heavy atom. The van der Waals surface area contributed by atoms with Gasteiger partial charge in [0.05, 0.1) is 6.61 Å². The first-order valence-corrected chi connectivity index (χ1v) is 6.93. The van der Waals surface area contributed by atoms with E-state index in [4.69, 9.17) is 0 Å². The topological polar surface area (TPSA) is 19.9 Å². The van der Waals surface area contributed by atoms with Crippen LogP contribution in [0.1, 0.15) is 78.1 Å². The van der Waals surface area contributed by atoms with E-state index in [0.29, 0.717) is 5.92 Å². The van der Waals surface area contributed by atoms with E-state index in [1.807, 2.05) is 0 Å². The van der Waals surface area contributed by atoms with E-state index in [1.165, 1.54) is 64.2 Å². The third kappa shape index (κ3) is 10.2. The largest absolute Gasteiger partial charge is 0.236 e. The average Bonchev–Trinajstić information content (AvgIpc) is 2.27. The zero-order valence-corrected chi connectivity index (χ0v) is 10.8. The third-order valence-electron chi connectivity index (χ3n) is 3.17. The summed E-state index contributed by atoms with van der Waals surface area (Å²) in [5.74, 6) is 0.471. The van der Waals surface area contributed by atoms with Crippen molar-refractivity contribution in [2.45, 2.75) is 78.1 Å². The fraction of sp³-hybridized carbons (Fsp3) is 1.00. The lowest BCUT2D eigenvalue weighted by Gasteiger charge is -2.12. The van der Waals surface area contributed by atoms with Crippen LogP contribution in [0.4, 0.5) is 0 Å². The van der Waals surface area contributed by atoms with Gasteiger partial charge in [0.25, 0.3) is 0 Å². The van der Waals surface area contributed by atoms with Gasteiger partial charge in [-0.2, -0.15) is 0 Å². The van der Waals surface area contributed by atoms with Gasteiger partial charge in [-0.1, -0.05) is 65.2 Å². The Balaban J connectivity index is 3.29. The predicted molar refractivity (Wildman–Crippen MR) is 66.6 cm³/mol. The smallest absolute Gasteiger partial charge is 0.0850 e. The summed E-state index contributed by atoms with van der Waals surface area (Å²) in [4.78, 5) is 0. The fourth-order valence-electron chi connectivity index (χ4n) is 2.03. The molecule has 91 valence electrons. The molecule has 0 saturated heterocycles. The summed E-state index contributed by atoms with van der Waals surface area (Å²) in [6.45, 7) is 4.61. The van der Waals surface area contributed by atoms with Crippen molar-refractivity contribution in [2.75, 3.05) is 6.61 Å². The Labute approximate surface area is 96.3 Å². The molecule has 0 aliphatic rings. The molecule has 0 aliphatic heterocycles. The van der Waals surface area contributed by atoms with Crippen molar-refractivity contribution in [3.8, 4) is 0 Å². The average molecular weight is 213 g/mol. The lowest BCUT2D eigenvalue weighted by molar-refractivity contribution is 0.130. The van der Waals surface area contributed by atoms with Crippen molar-refractivity contribution in [1.29, 1.82) is 0 Å². The van der Waals surface area contributed by atoms with E-state index in [-0.39, 0.29) is 6.61 Å². The second-order valence-corrected chi connectivity index (χ2v) is 4.73. The highest BCUT2D eigenvalue weighted by Crippen LogP contribution is 2.17. The van der Waals surface area contributed by atoms with Gasteiger partial charge < -0.3 is 0 Å². The Kier molecular flexibility index (Phi) is 12.0. The molecule has 0 aliphatic carbocycles. The monoisotopic (exact) mass is 213 g/mol. The summed E-state index contributed by atoms with van der Waals surface area (Å²) in [7, 11) is 0. The minimum Gasteiger partial charge on any atom is -0.236 e. The van der Waals surface area contributed by atoms with E-state index >= 15 is 0 Å². The van der Waals surface area contributed by atoms with Gasteiger partial charge in [-0.05, 0) is 18.8 Å². The third-order valence-corrected chi connectivity index (χ3v) is 3.17. The maximum Gasteiger partial charge on any atom is 0.0850 e. The molecular formula is C14H29O. The van der Waals surface area contributed by atoms with Gasteiger partial charge in [-0.25, -0.2) is 5.11 Å². The highest BCUT2D eigenvalue weighted by molar-refractivity contribution is 4.58. The van der Waals surface area contributed by atoms with Crippen molar-refractivity contribution in [2.24, 2.45) is 5.92 Å². The molecule has 0 atom stereocenters. The second kappa shape index (κ2) is 12.0. The van der Waals surface area contributed by atoms with Crippen LogP contribution in [0.15, 0.2) is 0 Å². The Morgan fingerprint density at radius 3 is 1.53 bits per heavy atom. The second-order valence-electron chi connectivity index (χ2n) is 4.73. The summed E-state index contributed by atoms with van der Waals surface area (Å²) in [6.07, 6.45) is 12.8. The Bertz CT molecular complexity index is 99.9. The normalized spacial score (nSPS) is 11.2. The molecule has 1 heteroatoms. The first kappa shape index (κ1) is 15.0. The molecule has 0 saturated carbocycles. The van der Waals surface area contributed by atoms with Gasteiger partial charge >= 0.3 is 0 Å². The lowest BCUT2D eigenvalue weighted by atomic mass is 9.95. The zero-order valence-electron chi connectivity index (χ0n) is 10.8. The molecule has 0 aromatic carbocycles. The van der Waals surface area contributed by atoms with Gasteiger partial charge in [-0.3, -0.25) is 0 Å². The number of hydrogen-bond donors (Lipinski definition) is 0. The van der Waals surface area contributed by atoms with Crippen molar-refractivity contribution >= 4 is 0 Å². The van der Waals surface area contributed by atoms with Gasteiger partial charge in [0, 0.05) is 0 Å². The molecule has 1 radical (unpaired) electrons. The summed E-state index contributed by atoms with van der Waals surface area (Å²) in [6, 6.07) is 0. The molecule has 0 rings (SSSR count). The van der Waals surface area contributed by atoms with Crippen LogP contribution in [0, 0.1) is 5.92 Å². The van der Waals surface area contributed by atoms with Crippen LogP contribution in [0.5, 0.6) is 0 Å². The molecule has 15 heavy (non-hydrogen) atoms. The molecule has 0 bridgehead atoms. The van der Waals surface area contributed by atoms with E-state index < -0.39 is 0 Å². The molecule has 0 spiro atoms. The van der Waals surface area contributed by atoms with Crippen LogP contribution in [0.3, 0.4) is 0 Å². The molecule has 0 unspecified atom stereocenters. The zero-order chi connectivity index (χ0) is 11.4. The van der Waals surface area contributed by atoms with Crippen LogP contribution in [0.2, 0.25) is 0 Å². The van der Waals surface area contributed by atoms with Gasteiger partial charge in [0.15, 0.2) is 0 Å². The minimum absolute atomic E-state index is 0.151. The molecule has 0 N–H and O–H groups in total. The van der Waals surface area contributed by atoms with E-state index in [2.05, 4.69) is 13.8 Å². The molecule has 0 aromatic heterocycles. The van der Waals surface area contributed by atoms with Gasteiger partial charge in [0.1, 0.15) is 0 Å². The van der Waals surface area contributed by atoms with Crippen molar-refractivity contribution in [3.05, 3.63) is 0 Å². The Hall–Kier alpha value is -0.0400. The first-order chi connectivity index (χ1) is 7.35. The maximum absolute atomic E-state index is 11.0. The fourth-order valence-corrected chi connectivity index (χ4v) is 2.03. The summed E-state index contributed by atoms with van der Waals surface area (Å²) in [5.41, 5.74) is 0. The predicted octanol–water partition coefficient (Wildman–Crippen LogP) is 4.97. The highest BCUT2D eigenvalue weighted by atomic mass is 16.3. The number of unbranched alkanes of at least 4 members (excludes halogenated alkanes) is 6. The molecule has 0 amide bonds. The summed E-state index contributed by atoms with van der Waals surface area (Å²) < 4.78 is 0. The van der Waals surface area contributed by atoms with Crippen molar-refractivity contribution in [3.63, 3.8) is 0 Å². The maximum atomic E-state index is 11.0. The van der Waals surface area contributed by atoms with E-state index in [1.54, 1.807) is 0 Å². The van der Waals surface area contributed by atoms with E-state index in [9.17, 15) is 5.11 Å². The SMILES string of the molecule is CCCCCCC(C[O])CCCCCC. The quantitative estimate of drug-likeness (QED) is 0.432. The van der Waals surface area contributed by atoms with Crippen molar-refractivity contribution < 1.29 is 5.11 Å². The molecule has 0 heterocycles. The summed E-state index contributed by atoms with van der Waals surface area (Å²) in [5, 5.41) is 11.0.